The van der Waals surface area contributed by atoms with Gasteiger partial charge in [0.25, 0.3) is 5.56 Å². The second-order valence-electron chi connectivity index (χ2n) is 5.71. The lowest BCUT2D eigenvalue weighted by Crippen LogP contribution is -2.17. The number of benzene rings is 2. The molecule has 0 bridgehead atoms. The summed E-state index contributed by atoms with van der Waals surface area (Å²) in [6, 6.07) is 19.5. The maximum Gasteiger partial charge on any atom is 0.269 e. The van der Waals surface area contributed by atoms with Gasteiger partial charge in [0, 0.05) is 10.8 Å². The number of nitrogens with one attached hydrogen (secondary N) is 1. The number of halogens is 1. The molecular formula is C20H16ClN3OS. The lowest BCUT2D eigenvalue weighted by molar-refractivity contribution is 0.823. The molecule has 0 aliphatic heterocycles. The standard InChI is InChI=1S/C20H16ClN3OS/c21-16-9-6-15(7-10-16)13-26-20-23-18(17(12-22)19(25)24-20)11-8-14-4-2-1-3-5-14/h1-7,9-10H,8,11,13H2,(H,23,24,25). The molecule has 2 aromatic carbocycles. The predicted octanol–water partition coefficient (Wildman–Crippen LogP) is 4.37. The van der Waals surface area contributed by atoms with Crippen LogP contribution in [0.5, 0.6) is 0 Å². The van der Waals surface area contributed by atoms with Crippen LogP contribution in [0.2, 0.25) is 5.02 Å². The van der Waals surface area contributed by atoms with Crippen molar-refractivity contribution < 1.29 is 0 Å². The molecule has 3 aromatic rings. The minimum absolute atomic E-state index is 0.0942. The normalized spacial score (nSPS) is 10.5. The van der Waals surface area contributed by atoms with Gasteiger partial charge in [-0.2, -0.15) is 5.26 Å². The Kier molecular flexibility index (Phi) is 6.11. The molecule has 0 saturated heterocycles. The highest BCUT2D eigenvalue weighted by molar-refractivity contribution is 7.98. The molecule has 0 fully saturated rings. The Balaban J connectivity index is 1.76. The summed E-state index contributed by atoms with van der Waals surface area (Å²) in [6.45, 7) is 0. The number of hydrogen-bond donors (Lipinski definition) is 1. The summed E-state index contributed by atoms with van der Waals surface area (Å²) < 4.78 is 0. The first-order chi connectivity index (χ1) is 12.7. The zero-order valence-corrected chi connectivity index (χ0v) is 15.5. The van der Waals surface area contributed by atoms with E-state index in [1.54, 1.807) is 0 Å². The molecule has 0 unspecified atom stereocenters. The van der Waals surface area contributed by atoms with Gasteiger partial charge in [-0.15, -0.1) is 0 Å². The Morgan fingerprint density at radius 2 is 1.77 bits per heavy atom. The molecule has 130 valence electrons. The highest BCUT2D eigenvalue weighted by Crippen LogP contribution is 2.21. The van der Waals surface area contributed by atoms with Crippen LogP contribution in [0.1, 0.15) is 22.4 Å². The van der Waals surface area contributed by atoms with Gasteiger partial charge in [-0.25, -0.2) is 4.98 Å². The quantitative estimate of drug-likeness (QED) is 0.508. The number of hydrogen-bond acceptors (Lipinski definition) is 4. The van der Waals surface area contributed by atoms with Gasteiger partial charge in [-0.05, 0) is 36.1 Å². The lowest BCUT2D eigenvalue weighted by atomic mass is 10.1. The van der Waals surface area contributed by atoms with Crippen molar-refractivity contribution in [1.82, 2.24) is 9.97 Å². The van der Waals surface area contributed by atoms with Gasteiger partial charge in [-0.1, -0.05) is 65.8 Å². The van der Waals surface area contributed by atoms with E-state index in [-0.39, 0.29) is 11.1 Å². The van der Waals surface area contributed by atoms with Crippen LogP contribution in [-0.4, -0.2) is 9.97 Å². The van der Waals surface area contributed by atoms with Gasteiger partial charge in [-0.3, -0.25) is 4.79 Å². The molecule has 6 heteroatoms. The number of aromatic amines is 1. The molecule has 0 spiro atoms. The van der Waals surface area contributed by atoms with Crippen LogP contribution in [0.4, 0.5) is 0 Å². The summed E-state index contributed by atoms with van der Waals surface area (Å²) >= 11 is 7.32. The summed E-state index contributed by atoms with van der Waals surface area (Å²) in [5.74, 6) is 0.657. The third-order valence-corrected chi connectivity index (χ3v) is 5.06. The van der Waals surface area contributed by atoms with E-state index in [0.29, 0.717) is 28.0 Å². The van der Waals surface area contributed by atoms with Crippen molar-refractivity contribution in [3.8, 4) is 6.07 Å². The Labute approximate surface area is 160 Å². The van der Waals surface area contributed by atoms with Gasteiger partial charge in [0.2, 0.25) is 0 Å². The van der Waals surface area contributed by atoms with Crippen molar-refractivity contribution in [2.75, 3.05) is 0 Å². The molecule has 1 heterocycles. The smallest absolute Gasteiger partial charge is 0.269 e. The summed E-state index contributed by atoms with van der Waals surface area (Å²) in [5, 5.41) is 10.5. The van der Waals surface area contributed by atoms with Crippen molar-refractivity contribution in [1.29, 1.82) is 5.26 Å². The molecule has 0 saturated carbocycles. The summed E-state index contributed by atoms with van der Waals surface area (Å²) in [7, 11) is 0. The fourth-order valence-corrected chi connectivity index (χ4v) is 3.46. The van der Waals surface area contributed by atoms with E-state index in [4.69, 9.17) is 11.6 Å². The minimum atomic E-state index is -0.385. The van der Waals surface area contributed by atoms with Gasteiger partial charge < -0.3 is 4.98 Å². The maximum atomic E-state index is 12.2. The van der Waals surface area contributed by atoms with E-state index in [9.17, 15) is 10.1 Å². The van der Waals surface area contributed by atoms with Crippen LogP contribution in [0.25, 0.3) is 0 Å². The van der Waals surface area contributed by atoms with E-state index in [1.807, 2.05) is 60.7 Å². The Bertz CT molecular complexity index is 979. The number of aromatic nitrogens is 2. The van der Waals surface area contributed by atoms with E-state index in [2.05, 4.69) is 9.97 Å². The molecule has 0 atom stereocenters. The van der Waals surface area contributed by atoms with E-state index in [0.717, 1.165) is 17.5 Å². The molecule has 0 radical (unpaired) electrons. The zero-order valence-electron chi connectivity index (χ0n) is 13.9. The predicted molar refractivity (Wildman–Crippen MR) is 104 cm³/mol. The zero-order chi connectivity index (χ0) is 18.4. The lowest BCUT2D eigenvalue weighted by Gasteiger charge is -2.07. The number of rotatable bonds is 6. The van der Waals surface area contributed by atoms with Crippen LogP contribution in [-0.2, 0) is 18.6 Å². The van der Waals surface area contributed by atoms with Crippen LogP contribution >= 0.6 is 23.4 Å². The molecule has 3 rings (SSSR count). The molecule has 1 aromatic heterocycles. The maximum absolute atomic E-state index is 12.2. The molecule has 0 aliphatic carbocycles. The number of thioether (sulfide) groups is 1. The largest absolute Gasteiger partial charge is 0.300 e. The molecule has 1 N–H and O–H groups in total. The number of nitriles is 1. The fourth-order valence-electron chi connectivity index (χ4n) is 2.50. The third-order valence-electron chi connectivity index (χ3n) is 3.87. The average Bonchev–Trinajstić information content (AvgIpc) is 2.66. The first-order valence-corrected chi connectivity index (χ1v) is 9.46. The van der Waals surface area contributed by atoms with Gasteiger partial charge in [0.15, 0.2) is 5.16 Å². The topological polar surface area (TPSA) is 69.5 Å². The van der Waals surface area contributed by atoms with E-state index >= 15 is 0 Å². The fraction of sp³-hybridized carbons (Fsp3) is 0.150. The number of aryl methyl sites for hydroxylation is 2. The Morgan fingerprint density at radius 3 is 2.46 bits per heavy atom. The Hall–Kier alpha value is -2.55. The van der Waals surface area contributed by atoms with Crippen LogP contribution in [0.15, 0.2) is 64.5 Å². The van der Waals surface area contributed by atoms with Gasteiger partial charge in [0.1, 0.15) is 11.6 Å². The van der Waals surface area contributed by atoms with Crippen molar-refractivity contribution in [3.63, 3.8) is 0 Å². The summed E-state index contributed by atoms with van der Waals surface area (Å²) in [6.07, 6.45) is 1.28. The highest BCUT2D eigenvalue weighted by Gasteiger charge is 2.12. The van der Waals surface area contributed by atoms with E-state index < -0.39 is 0 Å². The van der Waals surface area contributed by atoms with Gasteiger partial charge in [0.05, 0.1) is 5.69 Å². The summed E-state index contributed by atoms with van der Waals surface area (Å²) in [5.41, 5.74) is 2.48. The van der Waals surface area contributed by atoms with Crippen molar-refractivity contribution >= 4 is 23.4 Å². The number of H-pyrrole nitrogens is 1. The molecule has 0 aliphatic rings. The van der Waals surface area contributed by atoms with Gasteiger partial charge >= 0.3 is 0 Å². The van der Waals surface area contributed by atoms with E-state index in [1.165, 1.54) is 11.8 Å². The van der Waals surface area contributed by atoms with Crippen molar-refractivity contribution in [2.45, 2.75) is 23.8 Å². The first-order valence-electron chi connectivity index (χ1n) is 8.10. The number of nitrogens with zero attached hydrogens (tertiary/aromatic N) is 2. The van der Waals surface area contributed by atoms with Crippen molar-refractivity contribution in [2.24, 2.45) is 0 Å². The highest BCUT2D eigenvalue weighted by atomic mass is 35.5. The SMILES string of the molecule is N#Cc1c(CCc2ccccc2)nc(SCc2ccc(Cl)cc2)[nH]c1=O. The first kappa shape index (κ1) is 18.2. The van der Waals surface area contributed by atoms with Crippen LogP contribution in [0, 0.1) is 11.3 Å². The molecule has 4 nitrogen and oxygen atoms in total. The van der Waals surface area contributed by atoms with Crippen LogP contribution in [0.3, 0.4) is 0 Å². The molecular weight excluding hydrogens is 366 g/mol. The third kappa shape index (κ3) is 4.75. The molecule has 26 heavy (non-hydrogen) atoms. The average molecular weight is 382 g/mol. The monoisotopic (exact) mass is 381 g/mol. The van der Waals surface area contributed by atoms with Crippen LogP contribution < -0.4 is 5.56 Å². The second kappa shape index (κ2) is 8.70. The summed E-state index contributed by atoms with van der Waals surface area (Å²) in [4.78, 5) is 19.4. The molecule has 0 amide bonds. The Morgan fingerprint density at radius 1 is 1.04 bits per heavy atom. The second-order valence-corrected chi connectivity index (χ2v) is 7.11. The van der Waals surface area contributed by atoms with Crippen molar-refractivity contribution in [3.05, 3.63) is 92.4 Å². The minimum Gasteiger partial charge on any atom is -0.300 e.